The fourth-order valence-electron chi connectivity index (χ4n) is 1.62. The van der Waals surface area contributed by atoms with E-state index >= 15 is 0 Å². The molecule has 0 saturated heterocycles. The van der Waals surface area contributed by atoms with Gasteiger partial charge in [-0.15, -0.1) is 0 Å². The first-order chi connectivity index (χ1) is 9.69. The average Bonchev–Trinajstić information content (AvgIpc) is 3.00. The van der Waals surface area contributed by atoms with E-state index in [4.69, 9.17) is 4.74 Å². The van der Waals surface area contributed by atoms with E-state index in [-0.39, 0.29) is 12.6 Å². The molecule has 6 heteroatoms. The molecule has 0 aliphatic heterocycles. The van der Waals surface area contributed by atoms with Gasteiger partial charge >= 0.3 is 6.03 Å². The summed E-state index contributed by atoms with van der Waals surface area (Å²) < 4.78 is 5.03. The quantitative estimate of drug-likeness (QED) is 0.793. The summed E-state index contributed by atoms with van der Waals surface area (Å²) >= 11 is 1.51. The second kappa shape index (κ2) is 6.93. The minimum absolute atomic E-state index is 0.165. The SMILES string of the molecule is COc1ccc(NC(=O)NCC(O)c2ccsc2)cc1. The summed E-state index contributed by atoms with van der Waals surface area (Å²) in [5.74, 6) is 0.726. The van der Waals surface area contributed by atoms with E-state index in [1.807, 2.05) is 16.8 Å². The minimum atomic E-state index is -0.692. The Morgan fingerprint density at radius 1 is 1.35 bits per heavy atom. The van der Waals surface area contributed by atoms with Crippen LogP contribution in [0.4, 0.5) is 10.5 Å². The number of benzene rings is 1. The Morgan fingerprint density at radius 2 is 2.10 bits per heavy atom. The van der Waals surface area contributed by atoms with Gasteiger partial charge in [0.05, 0.1) is 13.2 Å². The van der Waals surface area contributed by atoms with Gasteiger partial charge in [-0.1, -0.05) is 0 Å². The molecule has 0 aliphatic rings. The Balaban J connectivity index is 1.80. The standard InChI is InChI=1S/C14H16N2O3S/c1-19-12-4-2-11(3-5-12)16-14(18)15-8-13(17)10-6-7-20-9-10/h2-7,9,13,17H,8H2,1H3,(H2,15,16,18). The first kappa shape index (κ1) is 14.4. The van der Waals surface area contributed by atoms with Crippen molar-refractivity contribution in [3.63, 3.8) is 0 Å². The maximum absolute atomic E-state index is 11.7. The van der Waals surface area contributed by atoms with Gasteiger partial charge in [-0.3, -0.25) is 0 Å². The molecule has 2 rings (SSSR count). The predicted molar refractivity (Wildman–Crippen MR) is 79.3 cm³/mol. The highest BCUT2D eigenvalue weighted by Crippen LogP contribution is 2.16. The van der Waals surface area contributed by atoms with Crippen LogP contribution < -0.4 is 15.4 Å². The molecule has 0 bridgehead atoms. The first-order valence-corrected chi connectivity index (χ1v) is 7.02. The molecule has 0 radical (unpaired) electrons. The summed E-state index contributed by atoms with van der Waals surface area (Å²) in [4.78, 5) is 11.7. The third-order valence-electron chi connectivity index (χ3n) is 2.73. The number of thiophene rings is 1. The lowest BCUT2D eigenvalue weighted by Crippen LogP contribution is -2.32. The highest BCUT2D eigenvalue weighted by Gasteiger charge is 2.09. The number of ether oxygens (including phenoxy) is 1. The molecule has 1 heterocycles. The fourth-order valence-corrected chi connectivity index (χ4v) is 2.33. The molecule has 1 unspecified atom stereocenters. The summed E-state index contributed by atoms with van der Waals surface area (Å²) in [5.41, 5.74) is 1.47. The molecule has 5 nitrogen and oxygen atoms in total. The number of carbonyl (C=O) groups excluding carboxylic acids is 1. The predicted octanol–water partition coefficient (Wildman–Crippen LogP) is 2.61. The molecule has 0 saturated carbocycles. The number of carbonyl (C=O) groups is 1. The van der Waals surface area contributed by atoms with E-state index in [0.717, 1.165) is 11.3 Å². The van der Waals surface area contributed by atoms with E-state index in [9.17, 15) is 9.90 Å². The molecule has 1 atom stereocenters. The second-order valence-corrected chi connectivity index (χ2v) is 4.92. The van der Waals surface area contributed by atoms with Crippen LogP contribution in [0.2, 0.25) is 0 Å². The lowest BCUT2D eigenvalue weighted by molar-refractivity contribution is 0.175. The van der Waals surface area contributed by atoms with Gasteiger partial charge in [-0.05, 0) is 46.7 Å². The number of anilines is 1. The molecule has 1 aromatic heterocycles. The maximum atomic E-state index is 11.7. The van der Waals surface area contributed by atoms with Gasteiger partial charge in [-0.25, -0.2) is 4.79 Å². The molecule has 0 fully saturated rings. The van der Waals surface area contributed by atoms with Gasteiger partial charge in [0, 0.05) is 12.2 Å². The Morgan fingerprint density at radius 3 is 2.70 bits per heavy atom. The van der Waals surface area contributed by atoms with Crippen molar-refractivity contribution in [2.45, 2.75) is 6.10 Å². The summed E-state index contributed by atoms with van der Waals surface area (Å²) in [6, 6.07) is 8.48. The van der Waals surface area contributed by atoms with Gasteiger partial charge in [0.25, 0.3) is 0 Å². The number of amides is 2. The number of methoxy groups -OCH3 is 1. The fraction of sp³-hybridized carbons (Fsp3) is 0.214. The third kappa shape index (κ3) is 3.97. The summed E-state index contributed by atoms with van der Waals surface area (Å²) in [7, 11) is 1.58. The molecule has 20 heavy (non-hydrogen) atoms. The van der Waals surface area contributed by atoms with Crippen LogP contribution in [0.25, 0.3) is 0 Å². The van der Waals surface area contributed by atoms with Crippen LogP contribution in [0.5, 0.6) is 5.75 Å². The number of hydrogen-bond acceptors (Lipinski definition) is 4. The molecule has 106 valence electrons. The van der Waals surface area contributed by atoms with Crippen molar-refractivity contribution in [1.82, 2.24) is 5.32 Å². The normalized spacial score (nSPS) is 11.7. The zero-order valence-corrected chi connectivity index (χ0v) is 11.8. The van der Waals surface area contributed by atoms with Crippen LogP contribution >= 0.6 is 11.3 Å². The van der Waals surface area contributed by atoms with E-state index in [1.54, 1.807) is 31.4 Å². The Kier molecular flexibility index (Phi) is 4.97. The Bertz CT molecular complexity index is 540. The van der Waals surface area contributed by atoms with Crippen LogP contribution in [0.15, 0.2) is 41.1 Å². The van der Waals surface area contributed by atoms with Crippen LogP contribution in [-0.2, 0) is 0 Å². The van der Waals surface area contributed by atoms with Crippen molar-refractivity contribution in [3.8, 4) is 5.75 Å². The van der Waals surface area contributed by atoms with Crippen LogP contribution in [-0.4, -0.2) is 24.8 Å². The zero-order chi connectivity index (χ0) is 14.4. The largest absolute Gasteiger partial charge is 0.497 e. The molecular weight excluding hydrogens is 276 g/mol. The van der Waals surface area contributed by atoms with Gasteiger partial charge in [0.2, 0.25) is 0 Å². The van der Waals surface area contributed by atoms with E-state index in [0.29, 0.717) is 5.69 Å². The van der Waals surface area contributed by atoms with Crippen LogP contribution in [0.3, 0.4) is 0 Å². The number of hydrogen-bond donors (Lipinski definition) is 3. The van der Waals surface area contributed by atoms with Crippen molar-refractivity contribution in [2.75, 3.05) is 19.0 Å². The number of aliphatic hydroxyl groups is 1. The highest BCUT2D eigenvalue weighted by molar-refractivity contribution is 7.07. The van der Waals surface area contributed by atoms with Crippen molar-refractivity contribution < 1.29 is 14.6 Å². The average molecular weight is 292 g/mol. The highest BCUT2D eigenvalue weighted by atomic mass is 32.1. The van der Waals surface area contributed by atoms with Gasteiger partial charge in [-0.2, -0.15) is 11.3 Å². The van der Waals surface area contributed by atoms with Crippen molar-refractivity contribution in [3.05, 3.63) is 46.7 Å². The van der Waals surface area contributed by atoms with Gasteiger partial charge < -0.3 is 20.5 Å². The van der Waals surface area contributed by atoms with E-state index < -0.39 is 6.10 Å². The van der Waals surface area contributed by atoms with Crippen LogP contribution in [0.1, 0.15) is 11.7 Å². The summed E-state index contributed by atoms with van der Waals surface area (Å²) in [6.45, 7) is 0.165. The lowest BCUT2D eigenvalue weighted by Gasteiger charge is -2.11. The first-order valence-electron chi connectivity index (χ1n) is 6.08. The summed E-state index contributed by atoms with van der Waals surface area (Å²) in [6.07, 6.45) is -0.692. The molecule has 0 spiro atoms. The van der Waals surface area contributed by atoms with E-state index in [2.05, 4.69) is 10.6 Å². The number of nitrogens with one attached hydrogen (secondary N) is 2. The molecule has 2 amide bonds. The molecule has 2 aromatic rings. The summed E-state index contributed by atoms with van der Waals surface area (Å²) in [5, 5.41) is 18.9. The number of rotatable bonds is 5. The third-order valence-corrected chi connectivity index (χ3v) is 3.43. The molecule has 0 aliphatic carbocycles. The smallest absolute Gasteiger partial charge is 0.319 e. The van der Waals surface area contributed by atoms with Crippen LogP contribution in [0, 0.1) is 0 Å². The molecule has 1 aromatic carbocycles. The van der Waals surface area contributed by atoms with Crippen molar-refractivity contribution in [1.29, 1.82) is 0 Å². The van der Waals surface area contributed by atoms with Crippen molar-refractivity contribution in [2.24, 2.45) is 0 Å². The second-order valence-electron chi connectivity index (χ2n) is 4.14. The zero-order valence-electron chi connectivity index (χ0n) is 11.0. The molecular formula is C14H16N2O3S. The van der Waals surface area contributed by atoms with E-state index in [1.165, 1.54) is 11.3 Å². The Hall–Kier alpha value is -2.05. The molecule has 3 N–H and O–H groups in total. The number of aliphatic hydroxyl groups excluding tert-OH is 1. The van der Waals surface area contributed by atoms with Gasteiger partial charge in [0.1, 0.15) is 5.75 Å². The lowest BCUT2D eigenvalue weighted by atomic mass is 10.2. The van der Waals surface area contributed by atoms with Crippen molar-refractivity contribution >= 4 is 23.1 Å². The number of urea groups is 1. The topological polar surface area (TPSA) is 70.6 Å². The Labute approximate surface area is 121 Å². The monoisotopic (exact) mass is 292 g/mol. The minimum Gasteiger partial charge on any atom is -0.497 e. The maximum Gasteiger partial charge on any atom is 0.319 e. The van der Waals surface area contributed by atoms with Gasteiger partial charge in [0.15, 0.2) is 0 Å².